The number of aryl methyl sites for hydroxylation is 2. The van der Waals surface area contributed by atoms with Crippen molar-refractivity contribution in [2.24, 2.45) is 4.99 Å². The van der Waals surface area contributed by atoms with E-state index in [4.69, 9.17) is 14.5 Å². The fourth-order valence-corrected chi connectivity index (χ4v) is 3.33. The number of aliphatic imine (C=N–C) groups is 1. The molecule has 0 radical (unpaired) electrons. The average Bonchev–Trinajstić information content (AvgIpc) is 2.82. The Labute approximate surface area is 188 Å². The molecular weight excluding hydrogens is 402 g/mol. The zero-order valence-corrected chi connectivity index (χ0v) is 18.8. The van der Waals surface area contributed by atoms with Gasteiger partial charge in [-0.15, -0.1) is 0 Å². The van der Waals surface area contributed by atoms with Crippen molar-refractivity contribution in [2.45, 2.75) is 26.3 Å². The third-order valence-electron chi connectivity index (χ3n) is 5.24. The number of benzene rings is 3. The second-order valence-corrected chi connectivity index (χ2v) is 7.62. The molecule has 3 rings (SSSR count). The minimum absolute atomic E-state index is 0.0787. The monoisotopic (exact) mass is 429 g/mol. The summed E-state index contributed by atoms with van der Waals surface area (Å²) >= 11 is 0. The van der Waals surface area contributed by atoms with Crippen LogP contribution in [0.25, 0.3) is 0 Å². The van der Waals surface area contributed by atoms with Gasteiger partial charge in [-0.2, -0.15) is 0 Å². The molecule has 0 aliphatic rings. The molecule has 0 aliphatic heterocycles. The van der Waals surface area contributed by atoms with Gasteiger partial charge in [0.2, 0.25) is 0 Å². The molecule has 3 aromatic carbocycles. The van der Waals surface area contributed by atoms with Crippen molar-refractivity contribution in [3.63, 3.8) is 0 Å². The first-order valence-corrected chi connectivity index (χ1v) is 10.4. The van der Waals surface area contributed by atoms with E-state index in [9.17, 15) is 9.59 Å². The van der Waals surface area contributed by atoms with Crippen LogP contribution in [0, 0.1) is 13.8 Å². The second-order valence-electron chi connectivity index (χ2n) is 7.62. The van der Waals surface area contributed by atoms with Crippen LogP contribution in [-0.4, -0.2) is 31.9 Å². The molecule has 0 amide bonds. The minimum atomic E-state index is -0.480. The van der Waals surface area contributed by atoms with Gasteiger partial charge in [-0.25, -0.2) is 4.79 Å². The molecule has 32 heavy (non-hydrogen) atoms. The van der Waals surface area contributed by atoms with Crippen molar-refractivity contribution in [1.29, 1.82) is 0 Å². The van der Waals surface area contributed by atoms with Gasteiger partial charge in [0.25, 0.3) is 0 Å². The van der Waals surface area contributed by atoms with Crippen LogP contribution in [-0.2, 0) is 14.3 Å². The topological polar surface area (TPSA) is 65.0 Å². The maximum absolute atomic E-state index is 12.2. The number of ether oxygens (including phenoxy) is 2. The fourth-order valence-electron chi connectivity index (χ4n) is 3.33. The van der Waals surface area contributed by atoms with Crippen LogP contribution in [0.3, 0.4) is 0 Å². The Kier molecular flexibility index (Phi) is 7.55. The van der Waals surface area contributed by atoms with Crippen molar-refractivity contribution < 1.29 is 19.1 Å². The van der Waals surface area contributed by atoms with Crippen LogP contribution in [0.1, 0.15) is 50.6 Å². The zero-order valence-electron chi connectivity index (χ0n) is 18.8. The molecule has 164 valence electrons. The number of hydrogen-bond acceptors (Lipinski definition) is 5. The SMILES string of the molecule is COC(=O)CC(N=C(c1ccc(C)cc1)c1ccc(C)cc1)c1ccc(C(=O)OC)cc1. The summed E-state index contributed by atoms with van der Waals surface area (Å²) in [4.78, 5) is 29.0. The molecular formula is C27H27NO4. The normalized spacial score (nSPS) is 11.4. The van der Waals surface area contributed by atoms with Crippen LogP contribution in [0.15, 0.2) is 77.8 Å². The predicted octanol–water partition coefficient (Wildman–Crippen LogP) is 5.23. The molecule has 5 heteroatoms. The largest absolute Gasteiger partial charge is 0.469 e. The lowest BCUT2D eigenvalue weighted by Crippen LogP contribution is -2.12. The Morgan fingerprint density at radius 1 is 0.719 bits per heavy atom. The van der Waals surface area contributed by atoms with Crippen molar-refractivity contribution in [2.75, 3.05) is 14.2 Å². The molecule has 1 unspecified atom stereocenters. The Balaban J connectivity index is 2.10. The smallest absolute Gasteiger partial charge is 0.337 e. The summed E-state index contributed by atoms with van der Waals surface area (Å²) in [6.07, 6.45) is 0.0787. The van der Waals surface area contributed by atoms with E-state index in [1.807, 2.05) is 62.4 Å². The summed E-state index contributed by atoms with van der Waals surface area (Å²) in [5.74, 6) is -0.771. The standard InChI is InChI=1S/C27H27NO4/c1-18-5-9-21(10-6-18)26(22-11-7-19(2)8-12-22)28-24(17-25(29)31-3)20-13-15-23(16-14-20)27(30)32-4/h5-16,24H,17H2,1-4H3. The van der Waals surface area contributed by atoms with Crippen LogP contribution in [0.2, 0.25) is 0 Å². The highest BCUT2D eigenvalue weighted by Crippen LogP contribution is 2.26. The molecule has 3 aromatic rings. The minimum Gasteiger partial charge on any atom is -0.469 e. The number of nitrogens with zero attached hydrogens (tertiary/aromatic N) is 1. The van der Waals surface area contributed by atoms with Gasteiger partial charge in [-0.05, 0) is 31.5 Å². The Morgan fingerprint density at radius 2 is 1.19 bits per heavy atom. The van der Waals surface area contributed by atoms with Gasteiger partial charge in [-0.1, -0.05) is 71.8 Å². The number of methoxy groups -OCH3 is 2. The summed E-state index contributed by atoms with van der Waals surface area (Å²) in [7, 11) is 2.71. The first-order valence-electron chi connectivity index (χ1n) is 10.4. The first-order chi connectivity index (χ1) is 15.4. The molecule has 0 saturated heterocycles. The fraction of sp³-hybridized carbons (Fsp3) is 0.222. The van der Waals surface area contributed by atoms with E-state index < -0.39 is 12.0 Å². The maximum Gasteiger partial charge on any atom is 0.337 e. The lowest BCUT2D eigenvalue weighted by atomic mass is 9.98. The van der Waals surface area contributed by atoms with E-state index >= 15 is 0 Å². The van der Waals surface area contributed by atoms with Crippen LogP contribution in [0.4, 0.5) is 0 Å². The summed E-state index contributed by atoms with van der Waals surface area (Å²) in [6, 6.07) is 22.8. The highest BCUT2D eigenvalue weighted by atomic mass is 16.5. The Hall–Kier alpha value is -3.73. The first kappa shape index (κ1) is 22.9. The highest BCUT2D eigenvalue weighted by Gasteiger charge is 2.19. The van der Waals surface area contributed by atoms with Crippen LogP contribution in [0.5, 0.6) is 0 Å². The predicted molar refractivity (Wildman–Crippen MR) is 125 cm³/mol. The molecule has 0 bridgehead atoms. The van der Waals surface area contributed by atoms with E-state index in [0.29, 0.717) is 5.56 Å². The number of rotatable bonds is 7. The molecule has 0 N–H and O–H groups in total. The molecule has 5 nitrogen and oxygen atoms in total. The lowest BCUT2D eigenvalue weighted by Gasteiger charge is -2.16. The molecule has 0 spiro atoms. The van der Waals surface area contributed by atoms with E-state index in [2.05, 4.69) is 0 Å². The lowest BCUT2D eigenvalue weighted by molar-refractivity contribution is -0.141. The second kappa shape index (κ2) is 10.5. The molecule has 0 heterocycles. The summed E-state index contributed by atoms with van der Waals surface area (Å²) in [5.41, 5.74) is 6.26. The van der Waals surface area contributed by atoms with E-state index in [0.717, 1.165) is 33.5 Å². The van der Waals surface area contributed by atoms with E-state index in [1.165, 1.54) is 14.2 Å². The van der Waals surface area contributed by atoms with Gasteiger partial charge >= 0.3 is 11.9 Å². The number of hydrogen-bond donors (Lipinski definition) is 0. The van der Waals surface area contributed by atoms with Gasteiger partial charge in [0.1, 0.15) is 0 Å². The molecule has 0 fully saturated rings. The molecule has 0 saturated carbocycles. The third kappa shape index (κ3) is 5.70. The molecule has 1 atom stereocenters. The highest BCUT2D eigenvalue weighted by molar-refractivity contribution is 6.13. The van der Waals surface area contributed by atoms with Crippen LogP contribution < -0.4 is 0 Å². The number of carbonyl (C=O) groups is 2. The van der Waals surface area contributed by atoms with E-state index in [1.54, 1.807) is 24.3 Å². The maximum atomic E-state index is 12.2. The van der Waals surface area contributed by atoms with Gasteiger partial charge in [0, 0.05) is 11.1 Å². The Morgan fingerprint density at radius 3 is 1.62 bits per heavy atom. The third-order valence-corrected chi connectivity index (χ3v) is 5.24. The summed E-state index contributed by atoms with van der Waals surface area (Å²) in [6.45, 7) is 4.07. The van der Waals surface area contributed by atoms with Crippen molar-refractivity contribution in [1.82, 2.24) is 0 Å². The summed E-state index contributed by atoms with van der Waals surface area (Å²) < 4.78 is 9.70. The average molecular weight is 430 g/mol. The van der Waals surface area contributed by atoms with Crippen molar-refractivity contribution >= 4 is 17.7 Å². The summed E-state index contributed by atoms with van der Waals surface area (Å²) in [5, 5.41) is 0. The quantitative estimate of drug-likeness (QED) is 0.381. The van der Waals surface area contributed by atoms with Crippen LogP contribution >= 0.6 is 0 Å². The number of carbonyl (C=O) groups excluding carboxylic acids is 2. The van der Waals surface area contributed by atoms with Crippen molar-refractivity contribution in [3.05, 3.63) is 106 Å². The molecule has 0 aliphatic carbocycles. The van der Waals surface area contributed by atoms with E-state index in [-0.39, 0.29) is 12.4 Å². The van der Waals surface area contributed by atoms with Gasteiger partial charge in [0.05, 0.1) is 38.0 Å². The zero-order chi connectivity index (χ0) is 23.1. The van der Waals surface area contributed by atoms with Gasteiger partial charge < -0.3 is 9.47 Å². The number of esters is 2. The Bertz CT molecular complexity index is 1050. The van der Waals surface area contributed by atoms with Gasteiger partial charge in [-0.3, -0.25) is 9.79 Å². The van der Waals surface area contributed by atoms with Crippen molar-refractivity contribution in [3.8, 4) is 0 Å². The molecule has 0 aromatic heterocycles. The van der Waals surface area contributed by atoms with Gasteiger partial charge in [0.15, 0.2) is 0 Å².